The molecule has 6 nitrogen and oxygen atoms in total. The lowest BCUT2D eigenvalue weighted by Gasteiger charge is -2.32. The van der Waals surface area contributed by atoms with E-state index in [0.29, 0.717) is 5.96 Å². The van der Waals surface area contributed by atoms with Crippen LogP contribution in [0.2, 0.25) is 0 Å². The van der Waals surface area contributed by atoms with Gasteiger partial charge in [-0.3, -0.25) is 0 Å². The molecule has 0 aromatic rings. The van der Waals surface area contributed by atoms with E-state index in [0.717, 1.165) is 36.5 Å². The number of hydrogen-bond acceptors (Lipinski definition) is 6. The number of rotatable bonds is 0. The van der Waals surface area contributed by atoms with Crippen molar-refractivity contribution < 1.29 is 0 Å². The van der Waals surface area contributed by atoms with E-state index >= 15 is 0 Å². The van der Waals surface area contributed by atoms with Crippen molar-refractivity contribution >= 4 is 23.6 Å². The first-order chi connectivity index (χ1) is 9.31. The van der Waals surface area contributed by atoms with E-state index < -0.39 is 0 Å². The Labute approximate surface area is 111 Å². The largest absolute Gasteiger partial charge is 0.341 e. The molecule has 1 fully saturated rings. The molecule has 4 aliphatic heterocycles. The van der Waals surface area contributed by atoms with Gasteiger partial charge in [-0.1, -0.05) is 6.08 Å². The summed E-state index contributed by atoms with van der Waals surface area (Å²) in [5.74, 6) is 3.88. The Hall–Kier alpha value is -2.24. The molecule has 0 spiro atoms. The molecule has 4 aliphatic rings. The summed E-state index contributed by atoms with van der Waals surface area (Å²) in [5, 5.41) is 0. The molecule has 0 atom stereocenters. The third-order valence-electron chi connectivity index (χ3n) is 3.49. The minimum absolute atomic E-state index is 0.676. The summed E-state index contributed by atoms with van der Waals surface area (Å²) in [6, 6.07) is 0. The lowest BCUT2D eigenvalue weighted by atomic mass is 10.3. The second-order valence-electron chi connectivity index (χ2n) is 4.87. The predicted octanol–water partition coefficient (Wildman–Crippen LogP) is 1.35. The van der Waals surface area contributed by atoms with E-state index in [4.69, 9.17) is 0 Å². The second-order valence-corrected chi connectivity index (χ2v) is 4.87. The molecule has 0 bridgehead atoms. The maximum Gasteiger partial charge on any atom is 0.242 e. The molecule has 0 aromatic carbocycles. The quantitative estimate of drug-likeness (QED) is 0.655. The summed E-state index contributed by atoms with van der Waals surface area (Å²) in [7, 11) is 0. The van der Waals surface area contributed by atoms with Crippen molar-refractivity contribution in [3.05, 3.63) is 24.0 Å². The van der Waals surface area contributed by atoms with Gasteiger partial charge < -0.3 is 4.90 Å². The maximum absolute atomic E-state index is 4.63. The van der Waals surface area contributed by atoms with Crippen LogP contribution in [0, 0.1) is 0 Å². The van der Waals surface area contributed by atoms with E-state index in [1.54, 1.807) is 0 Å². The second kappa shape index (κ2) is 3.88. The normalized spacial score (nSPS) is 24.4. The Morgan fingerprint density at radius 2 is 1.84 bits per heavy atom. The van der Waals surface area contributed by atoms with Gasteiger partial charge >= 0.3 is 0 Å². The minimum atomic E-state index is 0.676. The van der Waals surface area contributed by atoms with Crippen molar-refractivity contribution in [2.45, 2.75) is 19.8 Å². The molecule has 0 saturated carbocycles. The number of guanidine groups is 2. The molecule has 4 rings (SSSR count). The molecule has 0 unspecified atom stereocenters. The van der Waals surface area contributed by atoms with Crippen LogP contribution in [0.15, 0.2) is 44.0 Å². The summed E-state index contributed by atoms with van der Waals surface area (Å²) in [6.45, 7) is 3.95. The van der Waals surface area contributed by atoms with Gasteiger partial charge in [0.2, 0.25) is 11.9 Å². The van der Waals surface area contributed by atoms with Crippen molar-refractivity contribution in [3.8, 4) is 0 Å². The highest BCUT2D eigenvalue weighted by Crippen LogP contribution is 2.24. The van der Waals surface area contributed by atoms with Gasteiger partial charge in [0.05, 0.1) is 0 Å². The van der Waals surface area contributed by atoms with Crippen LogP contribution in [-0.2, 0) is 0 Å². The van der Waals surface area contributed by atoms with E-state index in [1.807, 2.05) is 30.1 Å². The summed E-state index contributed by atoms with van der Waals surface area (Å²) in [6.07, 6.45) is 8.31. The molecular formula is C13H14N6. The van der Waals surface area contributed by atoms with Crippen molar-refractivity contribution in [3.63, 3.8) is 0 Å². The summed E-state index contributed by atoms with van der Waals surface area (Å²) in [4.78, 5) is 22.2. The van der Waals surface area contributed by atoms with Crippen molar-refractivity contribution in [1.82, 2.24) is 9.80 Å². The van der Waals surface area contributed by atoms with E-state index in [-0.39, 0.29) is 0 Å². The fourth-order valence-corrected chi connectivity index (χ4v) is 2.60. The number of allylic oxidation sites excluding steroid dienone is 2. The average Bonchev–Trinajstić information content (AvgIpc) is 2.92. The number of hydrogen-bond donors (Lipinski definition) is 0. The molecule has 0 N–H and O–H groups in total. The number of aliphatic imine (C=N–C) groups is 4. The molecule has 0 amide bonds. The lowest BCUT2D eigenvalue weighted by molar-refractivity contribution is 0.505. The van der Waals surface area contributed by atoms with E-state index in [2.05, 4.69) is 24.9 Å². The van der Waals surface area contributed by atoms with Crippen LogP contribution in [0.4, 0.5) is 0 Å². The first-order valence-corrected chi connectivity index (χ1v) is 6.56. The lowest BCUT2D eigenvalue weighted by Crippen LogP contribution is -2.43. The number of likely N-dealkylation sites (tertiary alicyclic amines) is 1. The Morgan fingerprint density at radius 1 is 1.00 bits per heavy atom. The summed E-state index contributed by atoms with van der Waals surface area (Å²) < 4.78 is 0. The molecule has 0 aromatic heterocycles. The Balaban J connectivity index is 1.80. The third-order valence-corrected chi connectivity index (χ3v) is 3.49. The van der Waals surface area contributed by atoms with Gasteiger partial charge in [0.1, 0.15) is 17.5 Å². The minimum Gasteiger partial charge on any atom is -0.341 e. The van der Waals surface area contributed by atoms with Gasteiger partial charge in [0.15, 0.2) is 0 Å². The molecular weight excluding hydrogens is 240 g/mol. The van der Waals surface area contributed by atoms with Crippen LogP contribution in [0.3, 0.4) is 0 Å². The molecule has 0 radical (unpaired) electrons. The van der Waals surface area contributed by atoms with Gasteiger partial charge in [0.25, 0.3) is 0 Å². The summed E-state index contributed by atoms with van der Waals surface area (Å²) >= 11 is 0. The smallest absolute Gasteiger partial charge is 0.242 e. The van der Waals surface area contributed by atoms with Crippen molar-refractivity contribution in [2.75, 3.05) is 13.1 Å². The van der Waals surface area contributed by atoms with Gasteiger partial charge in [0, 0.05) is 13.1 Å². The zero-order valence-corrected chi connectivity index (χ0v) is 10.7. The highest BCUT2D eigenvalue weighted by Gasteiger charge is 2.31. The van der Waals surface area contributed by atoms with Crippen LogP contribution in [-0.4, -0.2) is 46.5 Å². The van der Waals surface area contributed by atoms with Gasteiger partial charge in [-0.2, -0.15) is 15.0 Å². The van der Waals surface area contributed by atoms with Crippen LogP contribution in [0.25, 0.3) is 0 Å². The Morgan fingerprint density at radius 3 is 2.68 bits per heavy atom. The molecule has 6 heteroatoms. The van der Waals surface area contributed by atoms with Crippen LogP contribution >= 0.6 is 0 Å². The Kier molecular flexibility index (Phi) is 2.18. The van der Waals surface area contributed by atoms with E-state index in [9.17, 15) is 0 Å². The fraction of sp³-hybridized carbons (Fsp3) is 0.385. The molecule has 4 heterocycles. The van der Waals surface area contributed by atoms with E-state index in [1.165, 1.54) is 12.8 Å². The highest BCUT2D eigenvalue weighted by atomic mass is 15.5. The standard InChI is InChI=1S/C13H14N6/c1-9-14-10-5-4-6-11-16-12(18-7-2-3-8-18)17-13(15-9)19(10)11/h4-6H,2-3,7-8H2,1H3. The first kappa shape index (κ1) is 10.7. The zero-order valence-electron chi connectivity index (χ0n) is 10.7. The van der Waals surface area contributed by atoms with Crippen LogP contribution in [0.1, 0.15) is 19.8 Å². The van der Waals surface area contributed by atoms with Crippen molar-refractivity contribution in [2.24, 2.45) is 20.0 Å². The van der Waals surface area contributed by atoms with Crippen LogP contribution < -0.4 is 0 Å². The monoisotopic (exact) mass is 254 g/mol. The molecule has 19 heavy (non-hydrogen) atoms. The fourth-order valence-electron chi connectivity index (χ4n) is 2.60. The molecule has 1 saturated heterocycles. The van der Waals surface area contributed by atoms with Gasteiger partial charge in [-0.05, 0) is 31.9 Å². The third kappa shape index (κ3) is 1.63. The predicted molar refractivity (Wildman–Crippen MR) is 75.3 cm³/mol. The zero-order chi connectivity index (χ0) is 12.8. The molecule has 0 aliphatic carbocycles. The van der Waals surface area contributed by atoms with Gasteiger partial charge in [-0.25, -0.2) is 9.89 Å². The number of amidine groups is 2. The average molecular weight is 254 g/mol. The molecule has 96 valence electrons. The summed E-state index contributed by atoms with van der Waals surface area (Å²) in [5.41, 5.74) is 0. The number of nitrogens with zero attached hydrogens (tertiary/aromatic N) is 6. The maximum atomic E-state index is 4.63. The SMILES string of the molecule is CC1=NC2=NC(N3CCCC3)=NC3=CC=CC(=N1)N32. The highest BCUT2D eigenvalue weighted by molar-refractivity contribution is 6.20. The van der Waals surface area contributed by atoms with Gasteiger partial charge in [-0.15, -0.1) is 0 Å². The topological polar surface area (TPSA) is 55.9 Å². The first-order valence-electron chi connectivity index (χ1n) is 6.56. The van der Waals surface area contributed by atoms with Crippen molar-refractivity contribution in [1.29, 1.82) is 0 Å². The Bertz CT molecular complexity index is 613. The van der Waals surface area contributed by atoms with Crippen LogP contribution in [0.5, 0.6) is 0 Å².